The Morgan fingerprint density at radius 2 is 2.17 bits per heavy atom. The van der Waals surface area contributed by atoms with Gasteiger partial charge in [0, 0.05) is 18.1 Å². The van der Waals surface area contributed by atoms with E-state index in [1.807, 2.05) is 6.20 Å². The third-order valence-electron chi connectivity index (χ3n) is 3.95. The number of nitrogens with one attached hydrogen (secondary N) is 1. The minimum Gasteiger partial charge on any atom is -0.316 e. The van der Waals surface area contributed by atoms with Gasteiger partial charge >= 0.3 is 0 Å². The molecule has 0 amide bonds. The van der Waals surface area contributed by atoms with Crippen LogP contribution in [0.25, 0.3) is 10.9 Å². The van der Waals surface area contributed by atoms with Crippen LogP contribution in [-0.4, -0.2) is 18.1 Å². The fourth-order valence-corrected chi connectivity index (χ4v) is 3.05. The summed E-state index contributed by atoms with van der Waals surface area (Å²) in [6.45, 7) is 6.57. The highest BCUT2D eigenvalue weighted by molar-refractivity contribution is 5.84. The summed E-state index contributed by atoms with van der Waals surface area (Å²) >= 11 is 0. The molecule has 0 saturated carbocycles. The summed E-state index contributed by atoms with van der Waals surface area (Å²) in [7, 11) is 0. The number of aryl methyl sites for hydroxylation is 2. The highest BCUT2D eigenvalue weighted by Crippen LogP contribution is 2.31. The van der Waals surface area contributed by atoms with Crippen molar-refractivity contribution in [1.29, 1.82) is 0 Å². The fourth-order valence-electron chi connectivity index (χ4n) is 3.05. The Morgan fingerprint density at radius 1 is 1.28 bits per heavy atom. The third kappa shape index (κ3) is 2.01. The van der Waals surface area contributed by atoms with Crippen LogP contribution < -0.4 is 5.32 Å². The zero-order chi connectivity index (χ0) is 12.5. The van der Waals surface area contributed by atoms with Crippen LogP contribution in [0.2, 0.25) is 0 Å². The number of aromatic nitrogens is 1. The maximum Gasteiger partial charge on any atom is 0.0740 e. The molecule has 1 N–H and O–H groups in total. The Morgan fingerprint density at radius 3 is 2.94 bits per heavy atom. The van der Waals surface area contributed by atoms with E-state index in [1.54, 1.807) is 0 Å². The first-order valence-electron chi connectivity index (χ1n) is 6.82. The van der Waals surface area contributed by atoms with Crippen LogP contribution in [0.5, 0.6) is 0 Å². The minimum absolute atomic E-state index is 0.623. The fraction of sp³-hybridized carbons (Fsp3) is 0.438. The number of nitrogens with zero attached hydrogens (tertiary/aromatic N) is 1. The van der Waals surface area contributed by atoms with Crippen molar-refractivity contribution in [2.75, 3.05) is 13.1 Å². The molecule has 2 nitrogen and oxygen atoms in total. The largest absolute Gasteiger partial charge is 0.316 e. The minimum atomic E-state index is 0.623. The molecule has 1 atom stereocenters. The van der Waals surface area contributed by atoms with E-state index >= 15 is 0 Å². The topological polar surface area (TPSA) is 24.9 Å². The molecule has 1 aromatic carbocycles. The van der Waals surface area contributed by atoms with Gasteiger partial charge in [0.2, 0.25) is 0 Å². The van der Waals surface area contributed by atoms with Crippen LogP contribution in [0, 0.1) is 13.8 Å². The average molecular weight is 240 g/mol. The van der Waals surface area contributed by atoms with E-state index in [1.165, 1.54) is 40.4 Å². The number of fused-ring (bicyclic) bond motifs is 1. The van der Waals surface area contributed by atoms with E-state index in [0.29, 0.717) is 5.92 Å². The number of hydrogen-bond acceptors (Lipinski definition) is 2. The summed E-state index contributed by atoms with van der Waals surface area (Å²) in [5.41, 5.74) is 5.28. The molecule has 1 saturated heterocycles. The van der Waals surface area contributed by atoms with E-state index in [4.69, 9.17) is 0 Å². The summed E-state index contributed by atoms with van der Waals surface area (Å²) in [6, 6.07) is 6.68. The SMILES string of the molecule is Cc1cnc2c([C@@H]3CCCNC3)c(C)ccc2c1. The molecule has 1 aromatic heterocycles. The van der Waals surface area contributed by atoms with Crippen molar-refractivity contribution in [3.05, 3.63) is 41.1 Å². The molecular formula is C16H20N2. The molecule has 0 aliphatic carbocycles. The standard InChI is InChI=1S/C16H20N2/c1-11-8-13-6-5-12(2)15(16(13)18-9-11)14-4-3-7-17-10-14/h5-6,8-9,14,17H,3-4,7,10H2,1-2H3/t14-/m1/s1. The predicted octanol–water partition coefficient (Wildman–Crippen LogP) is 3.32. The van der Waals surface area contributed by atoms with Crippen LogP contribution in [0.4, 0.5) is 0 Å². The van der Waals surface area contributed by atoms with Gasteiger partial charge in [-0.1, -0.05) is 12.1 Å². The smallest absolute Gasteiger partial charge is 0.0740 e. The second-order valence-corrected chi connectivity index (χ2v) is 5.42. The molecule has 0 spiro atoms. The van der Waals surface area contributed by atoms with Gasteiger partial charge in [0.15, 0.2) is 0 Å². The molecule has 0 radical (unpaired) electrons. The lowest BCUT2D eigenvalue weighted by Gasteiger charge is -2.25. The molecule has 94 valence electrons. The van der Waals surface area contributed by atoms with Crippen LogP contribution >= 0.6 is 0 Å². The van der Waals surface area contributed by atoms with Crippen molar-refractivity contribution in [3.63, 3.8) is 0 Å². The van der Waals surface area contributed by atoms with Gasteiger partial charge in [-0.25, -0.2) is 0 Å². The molecule has 2 heteroatoms. The molecule has 2 aromatic rings. The van der Waals surface area contributed by atoms with E-state index in [2.05, 4.69) is 42.3 Å². The highest BCUT2D eigenvalue weighted by Gasteiger charge is 2.19. The van der Waals surface area contributed by atoms with Crippen LogP contribution in [0.1, 0.15) is 35.4 Å². The van der Waals surface area contributed by atoms with Crippen molar-refractivity contribution in [3.8, 4) is 0 Å². The predicted molar refractivity (Wildman–Crippen MR) is 76.1 cm³/mol. The zero-order valence-corrected chi connectivity index (χ0v) is 11.2. The number of rotatable bonds is 1. The summed E-state index contributed by atoms with van der Waals surface area (Å²) in [4.78, 5) is 4.69. The van der Waals surface area contributed by atoms with Gasteiger partial charge in [-0.05, 0) is 61.9 Å². The van der Waals surface area contributed by atoms with Crippen molar-refractivity contribution in [2.24, 2.45) is 0 Å². The highest BCUT2D eigenvalue weighted by atomic mass is 14.9. The second kappa shape index (κ2) is 4.69. The van der Waals surface area contributed by atoms with E-state index in [0.717, 1.165) is 13.1 Å². The van der Waals surface area contributed by atoms with Gasteiger partial charge < -0.3 is 5.32 Å². The van der Waals surface area contributed by atoms with Gasteiger partial charge in [-0.3, -0.25) is 4.98 Å². The number of hydrogen-bond donors (Lipinski definition) is 1. The Balaban J connectivity index is 2.16. The quantitative estimate of drug-likeness (QED) is 0.827. The molecular weight excluding hydrogens is 220 g/mol. The molecule has 18 heavy (non-hydrogen) atoms. The number of pyridine rings is 1. The van der Waals surface area contributed by atoms with Crippen molar-refractivity contribution >= 4 is 10.9 Å². The van der Waals surface area contributed by atoms with Crippen LogP contribution in [-0.2, 0) is 0 Å². The Labute approximate surface area is 108 Å². The summed E-state index contributed by atoms with van der Waals surface area (Å²) in [5, 5.41) is 4.79. The first kappa shape index (κ1) is 11.7. The van der Waals surface area contributed by atoms with E-state index in [-0.39, 0.29) is 0 Å². The maximum absolute atomic E-state index is 4.69. The zero-order valence-electron chi connectivity index (χ0n) is 11.2. The van der Waals surface area contributed by atoms with Gasteiger partial charge in [0.1, 0.15) is 0 Å². The molecule has 3 rings (SSSR count). The Hall–Kier alpha value is -1.41. The van der Waals surface area contributed by atoms with Crippen molar-refractivity contribution in [2.45, 2.75) is 32.6 Å². The Kier molecular flexibility index (Phi) is 3.04. The third-order valence-corrected chi connectivity index (χ3v) is 3.95. The average Bonchev–Trinajstić information content (AvgIpc) is 2.40. The van der Waals surface area contributed by atoms with Gasteiger partial charge in [0.05, 0.1) is 5.52 Å². The number of piperidine rings is 1. The molecule has 0 unspecified atom stereocenters. The van der Waals surface area contributed by atoms with Crippen LogP contribution in [0.3, 0.4) is 0 Å². The summed E-state index contributed by atoms with van der Waals surface area (Å²) in [5.74, 6) is 0.623. The first-order chi connectivity index (χ1) is 8.75. The lowest BCUT2D eigenvalue weighted by Crippen LogP contribution is -2.29. The summed E-state index contributed by atoms with van der Waals surface area (Å²) in [6.07, 6.45) is 4.54. The lowest BCUT2D eigenvalue weighted by atomic mass is 9.87. The Bertz CT molecular complexity index is 569. The normalized spacial score (nSPS) is 20.2. The summed E-state index contributed by atoms with van der Waals surface area (Å²) < 4.78 is 0. The molecule has 2 heterocycles. The van der Waals surface area contributed by atoms with Gasteiger partial charge in [0.25, 0.3) is 0 Å². The molecule has 1 aliphatic rings. The van der Waals surface area contributed by atoms with Gasteiger partial charge in [-0.2, -0.15) is 0 Å². The monoisotopic (exact) mass is 240 g/mol. The molecule has 1 fully saturated rings. The van der Waals surface area contributed by atoms with Crippen molar-refractivity contribution in [1.82, 2.24) is 10.3 Å². The van der Waals surface area contributed by atoms with Gasteiger partial charge in [-0.15, -0.1) is 0 Å². The van der Waals surface area contributed by atoms with E-state index < -0.39 is 0 Å². The second-order valence-electron chi connectivity index (χ2n) is 5.42. The maximum atomic E-state index is 4.69. The van der Waals surface area contributed by atoms with Crippen molar-refractivity contribution < 1.29 is 0 Å². The van der Waals surface area contributed by atoms with E-state index in [9.17, 15) is 0 Å². The molecule has 0 bridgehead atoms. The number of benzene rings is 1. The first-order valence-corrected chi connectivity index (χ1v) is 6.82. The lowest BCUT2D eigenvalue weighted by molar-refractivity contribution is 0.462. The molecule has 1 aliphatic heterocycles. The van der Waals surface area contributed by atoms with Crippen LogP contribution in [0.15, 0.2) is 24.4 Å².